The van der Waals surface area contributed by atoms with Crippen LogP contribution in [0.1, 0.15) is 29.9 Å². The standard InChI is InChI=1S/C17H15NO2/c1-12(13-5-3-2-4-6-13)15(10-18)14-7-8-16-17(9-14)20-11-19-16/h2-9,12,15H,11H2,1H3. The highest BCUT2D eigenvalue weighted by atomic mass is 16.7. The predicted octanol–water partition coefficient (Wildman–Crippen LogP) is 3.83. The van der Waals surface area contributed by atoms with Gasteiger partial charge in [-0.05, 0) is 23.3 Å². The highest BCUT2D eigenvalue weighted by Crippen LogP contribution is 2.38. The Morgan fingerprint density at radius 1 is 1.00 bits per heavy atom. The van der Waals surface area contributed by atoms with Gasteiger partial charge in [0.1, 0.15) is 0 Å². The van der Waals surface area contributed by atoms with Crippen molar-refractivity contribution in [2.24, 2.45) is 0 Å². The van der Waals surface area contributed by atoms with E-state index in [1.54, 1.807) is 0 Å². The van der Waals surface area contributed by atoms with Crippen LogP contribution < -0.4 is 9.47 Å². The van der Waals surface area contributed by atoms with Crippen LogP contribution in [0, 0.1) is 11.3 Å². The number of nitrogens with zero attached hydrogens (tertiary/aromatic N) is 1. The molecule has 2 aromatic rings. The summed E-state index contributed by atoms with van der Waals surface area (Å²) in [4.78, 5) is 0. The largest absolute Gasteiger partial charge is 0.454 e. The number of fused-ring (bicyclic) bond motifs is 1. The number of hydrogen-bond donors (Lipinski definition) is 0. The van der Waals surface area contributed by atoms with E-state index in [1.807, 2.05) is 36.4 Å². The highest BCUT2D eigenvalue weighted by Gasteiger charge is 2.23. The van der Waals surface area contributed by atoms with E-state index in [2.05, 4.69) is 25.1 Å². The van der Waals surface area contributed by atoms with Crippen LogP contribution in [0.15, 0.2) is 48.5 Å². The molecule has 0 amide bonds. The molecule has 0 aliphatic carbocycles. The maximum absolute atomic E-state index is 9.54. The average Bonchev–Trinajstić information content (AvgIpc) is 2.96. The Morgan fingerprint density at radius 3 is 2.50 bits per heavy atom. The zero-order valence-electron chi connectivity index (χ0n) is 11.2. The summed E-state index contributed by atoms with van der Waals surface area (Å²) in [6.07, 6.45) is 0. The van der Waals surface area contributed by atoms with Gasteiger partial charge >= 0.3 is 0 Å². The Hall–Kier alpha value is -2.47. The van der Waals surface area contributed by atoms with Crippen molar-refractivity contribution in [3.8, 4) is 17.6 Å². The molecule has 0 aromatic heterocycles. The van der Waals surface area contributed by atoms with E-state index in [-0.39, 0.29) is 18.6 Å². The zero-order valence-corrected chi connectivity index (χ0v) is 11.2. The molecule has 20 heavy (non-hydrogen) atoms. The molecule has 0 bridgehead atoms. The molecule has 0 spiro atoms. The number of nitriles is 1. The maximum Gasteiger partial charge on any atom is 0.231 e. The molecule has 0 N–H and O–H groups in total. The van der Waals surface area contributed by atoms with E-state index in [0.717, 1.165) is 22.6 Å². The predicted molar refractivity (Wildman–Crippen MR) is 75.8 cm³/mol. The van der Waals surface area contributed by atoms with Crippen molar-refractivity contribution in [1.29, 1.82) is 5.26 Å². The third kappa shape index (κ3) is 2.21. The first kappa shape index (κ1) is 12.6. The highest BCUT2D eigenvalue weighted by molar-refractivity contribution is 5.47. The molecular formula is C17H15NO2. The summed E-state index contributed by atoms with van der Waals surface area (Å²) in [5, 5.41) is 9.54. The van der Waals surface area contributed by atoms with Crippen molar-refractivity contribution >= 4 is 0 Å². The van der Waals surface area contributed by atoms with Crippen LogP contribution in [0.5, 0.6) is 11.5 Å². The molecule has 0 saturated heterocycles. The van der Waals surface area contributed by atoms with E-state index in [0.29, 0.717) is 0 Å². The van der Waals surface area contributed by atoms with Crippen LogP contribution >= 0.6 is 0 Å². The fourth-order valence-corrected chi connectivity index (χ4v) is 2.53. The van der Waals surface area contributed by atoms with E-state index in [4.69, 9.17) is 9.47 Å². The van der Waals surface area contributed by atoms with Crippen LogP contribution in [0.4, 0.5) is 0 Å². The van der Waals surface area contributed by atoms with E-state index in [1.165, 1.54) is 0 Å². The monoisotopic (exact) mass is 265 g/mol. The molecule has 0 radical (unpaired) electrons. The third-order valence-corrected chi connectivity index (χ3v) is 3.72. The zero-order chi connectivity index (χ0) is 13.9. The van der Waals surface area contributed by atoms with Gasteiger partial charge in [0, 0.05) is 5.92 Å². The van der Waals surface area contributed by atoms with Gasteiger partial charge in [0.05, 0.1) is 12.0 Å². The van der Waals surface area contributed by atoms with Gasteiger partial charge in [0.2, 0.25) is 6.79 Å². The summed E-state index contributed by atoms with van der Waals surface area (Å²) in [6, 6.07) is 18.2. The molecule has 0 saturated carbocycles. The second kappa shape index (κ2) is 5.26. The summed E-state index contributed by atoms with van der Waals surface area (Å²) in [5.74, 6) is 1.40. The lowest BCUT2D eigenvalue weighted by atomic mass is 9.83. The van der Waals surface area contributed by atoms with E-state index >= 15 is 0 Å². The van der Waals surface area contributed by atoms with Gasteiger partial charge in [-0.1, -0.05) is 43.3 Å². The molecule has 1 aliphatic rings. The number of hydrogen-bond acceptors (Lipinski definition) is 3. The Bertz CT molecular complexity index is 646. The van der Waals surface area contributed by atoms with Gasteiger partial charge in [-0.15, -0.1) is 0 Å². The quantitative estimate of drug-likeness (QED) is 0.847. The topological polar surface area (TPSA) is 42.2 Å². The molecule has 3 heteroatoms. The first-order valence-electron chi connectivity index (χ1n) is 6.63. The van der Waals surface area contributed by atoms with Gasteiger partial charge in [0.15, 0.2) is 11.5 Å². The van der Waals surface area contributed by atoms with Crippen molar-refractivity contribution in [3.63, 3.8) is 0 Å². The molecule has 0 fully saturated rings. The second-order valence-corrected chi connectivity index (χ2v) is 4.92. The summed E-state index contributed by atoms with van der Waals surface area (Å²) in [5.41, 5.74) is 2.13. The smallest absolute Gasteiger partial charge is 0.231 e. The van der Waals surface area contributed by atoms with Crippen molar-refractivity contribution in [1.82, 2.24) is 0 Å². The summed E-state index contributed by atoms with van der Waals surface area (Å²) in [7, 11) is 0. The van der Waals surface area contributed by atoms with Gasteiger partial charge in [-0.25, -0.2) is 0 Å². The first-order valence-corrected chi connectivity index (χ1v) is 6.63. The second-order valence-electron chi connectivity index (χ2n) is 4.92. The molecule has 3 rings (SSSR count). The summed E-state index contributed by atoms with van der Waals surface area (Å²) < 4.78 is 10.7. The minimum atomic E-state index is -0.202. The Balaban J connectivity index is 1.92. The molecule has 100 valence electrons. The lowest BCUT2D eigenvalue weighted by molar-refractivity contribution is 0.174. The van der Waals surface area contributed by atoms with Crippen LogP contribution in [0.2, 0.25) is 0 Å². The molecule has 1 heterocycles. The summed E-state index contributed by atoms with van der Waals surface area (Å²) >= 11 is 0. The van der Waals surface area contributed by atoms with Crippen LogP contribution in [-0.4, -0.2) is 6.79 Å². The van der Waals surface area contributed by atoms with Crippen LogP contribution in [-0.2, 0) is 0 Å². The Morgan fingerprint density at radius 2 is 1.75 bits per heavy atom. The SMILES string of the molecule is CC(c1ccccc1)C(C#N)c1ccc2c(c1)OCO2. The van der Waals surface area contributed by atoms with Crippen molar-refractivity contribution in [3.05, 3.63) is 59.7 Å². The average molecular weight is 265 g/mol. The Kier molecular flexibility index (Phi) is 3.30. The molecule has 1 aliphatic heterocycles. The van der Waals surface area contributed by atoms with Crippen molar-refractivity contribution < 1.29 is 9.47 Å². The van der Waals surface area contributed by atoms with E-state index < -0.39 is 0 Å². The third-order valence-electron chi connectivity index (χ3n) is 3.72. The van der Waals surface area contributed by atoms with E-state index in [9.17, 15) is 5.26 Å². The van der Waals surface area contributed by atoms with Crippen LogP contribution in [0.25, 0.3) is 0 Å². The maximum atomic E-state index is 9.54. The fraction of sp³-hybridized carbons (Fsp3) is 0.235. The molecule has 3 nitrogen and oxygen atoms in total. The van der Waals surface area contributed by atoms with Crippen LogP contribution in [0.3, 0.4) is 0 Å². The van der Waals surface area contributed by atoms with Gasteiger partial charge in [0.25, 0.3) is 0 Å². The van der Waals surface area contributed by atoms with Crippen molar-refractivity contribution in [2.75, 3.05) is 6.79 Å². The van der Waals surface area contributed by atoms with Crippen molar-refractivity contribution in [2.45, 2.75) is 18.8 Å². The first-order chi connectivity index (χ1) is 9.79. The number of benzene rings is 2. The summed E-state index contributed by atoms with van der Waals surface area (Å²) in [6.45, 7) is 2.33. The lowest BCUT2D eigenvalue weighted by Crippen LogP contribution is -2.06. The fourth-order valence-electron chi connectivity index (χ4n) is 2.53. The lowest BCUT2D eigenvalue weighted by Gasteiger charge is -2.18. The van der Waals surface area contributed by atoms with Gasteiger partial charge < -0.3 is 9.47 Å². The number of ether oxygens (including phenoxy) is 2. The van der Waals surface area contributed by atoms with Gasteiger partial charge in [-0.2, -0.15) is 5.26 Å². The Labute approximate surface area is 118 Å². The van der Waals surface area contributed by atoms with Gasteiger partial charge in [-0.3, -0.25) is 0 Å². The minimum absolute atomic E-state index is 0.126. The minimum Gasteiger partial charge on any atom is -0.454 e. The molecule has 2 aromatic carbocycles. The molecule has 2 unspecified atom stereocenters. The molecule has 2 atom stereocenters. The number of rotatable bonds is 3. The molecular weight excluding hydrogens is 250 g/mol. The normalized spacial score (nSPS) is 15.4.